The first-order valence-electron chi connectivity index (χ1n) is 8.93. The number of ether oxygens (including phenoxy) is 1. The number of halogens is 1. The van der Waals surface area contributed by atoms with Gasteiger partial charge in [-0.05, 0) is 6.07 Å². The van der Waals surface area contributed by atoms with Gasteiger partial charge in [0.25, 0.3) is 11.5 Å². The van der Waals surface area contributed by atoms with Crippen molar-refractivity contribution in [3.8, 4) is 5.75 Å². The second-order valence-electron chi connectivity index (χ2n) is 6.90. The van der Waals surface area contributed by atoms with Gasteiger partial charge in [0.15, 0.2) is 0 Å². The third kappa shape index (κ3) is 3.47. The first-order valence-corrected chi connectivity index (χ1v) is 8.93. The number of rotatable bonds is 6. The van der Waals surface area contributed by atoms with Crippen LogP contribution in [0.4, 0.5) is 4.48 Å². The lowest BCUT2D eigenvalue weighted by atomic mass is 10.00. The molecular weight excluding hydrogens is 439 g/mol. The molecule has 0 aliphatic carbocycles. The van der Waals surface area contributed by atoms with Crippen molar-refractivity contribution in [1.82, 2.24) is 20.2 Å². The summed E-state index contributed by atoms with van der Waals surface area (Å²) in [5, 5.41) is 62.7. The number of aliphatic hydroxyl groups is 4. The standard InChI is InChI=1S/C17H19FN4O10/c18-20-14(27)9-6-21(15(28)19-13(9)26)17(30)16(29,12(25)11(7-23)32-17)22(31)5-8-3-1-2-4-10(8)24/h1-4,6,11-12,23-25,29-31H,5,7H2,(H,20,27)(H,19,26,28)/t11-,12-,16-,17+/m1/s1. The number of carbonyl (C=O) groups excluding carboxylic acids is 1. The summed E-state index contributed by atoms with van der Waals surface area (Å²) in [6.07, 6.45) is -3.76. The van der Waals surface area contributed by atoms with Crippen LogP contribution in [0, 0.1) is 0 Å². The molecule has 0 saturated carbocycles. The Labute approximate surface area is 176 Å². The SMILES string of the molecule is O=C(NF)c1cn([C@@]2(O)O[C@H](CO)[C@@H](O)[C@]2(O)N(O)Cc2ccccc2O)c(=O)[nH]c1=O. The van der Waals surface area contributed by atoms with Crippen molar-refractivity contribution in [2.75, 3.05) is 6.61 Å². The van der Waals surface area contributed by atoms with Gasteiger partial charge in [-0.25, -0.2) is 9.36 Å². The van der Waals surface area contributed by atoms with E-state index in [2.05, 4.69) is 0 Å². The molecule has 15 heteroatoms. The molecule has 0 unspecified atom stereocenters. The number of phenols is 1. The quantitative estimate of drug-likeness (QED) is 0.122. The highest BCUT2D eigenvalue weighted by Crippen LogP contribution is 2.43. The largest absolute Gasteiger partial charge is 0.508 e. The van der Waals surface area contributed by atoms with E-state index in [0.717, 1.165) is 0 Å². The number of benzene rings is 1. The van der Waals surface area contributed by atoms with E-state index in [1.807, 2.05) is 0 Å². The minimum absolute atomic E-state index is 0.00302. The van der Waals surface area contributed by atoms with Gasteiger partial charge >= 0.3 is 11.6 Å². The number of hydrogen-bond acceptors (Lipinski definition) is 11. The number of carbonyl (C=O) groups is 1. The lowest BCUT2D eigenvalue weighted by Gasteiger charge is -2.42. The van der Waals surface area contributed by atoms with Crippen LogP contribution in [-0.2, 0) is 17.2 Å². The van der Waals surface area contributed by atoms with Crippen molar-refractivity contribution >= 4 is 5.91 Å². The number of aromatic hydroxyl groups is 1. The lowest BCUT2D eigenvalue weighted by molar-refractivity contribution is -0.413. The van der Waals surface area contributed by atoms with E-state index in [4.69, 9.17) is 4.74 Å². The number of aliphatic hydroxyl groups excluding tert-OH is 2. The second-order valence-corrected chi connectivity index (χ2v) is 6.90. The normalized spacial score (nSPS) is 27.6. The van der Waals surface area contributed by atoms with Crippen molar-refractivity contribution < 1.29 is 44.8 Å². The van der Waals surface area contributed by atoms with Crippen molar-refractivity contribution in [3.05, 3.63) is 62.4 Å². The van der Waals surface area contributed by atoms with E-state index in [0.29, 0.717) is 11.7 Å². The number of hydroxylamine groups is 2. The molecule has 1 fully saturated rings. The number of aromatic nitrogens is 2. The molecule has 1 aromatic heterocycles. The molecule has 14 nitrogen and oxygen atoms in total. The molecule has 0 radical (unpaired) electrons. The Morgan fingerprint density at radius 3 is 2.56 bits per heavy atom. The van der Waals surface area contributed by atoms with Gasteiger partial charge in [0.1, 0.15) is 23.5 Å². The summed E-state index contributed by atoms with van der Waals surface area (Å²) in [6.45, 7) is -1.77. The molecule has 1 amide bonds. The number of H-pyrrole nitrogens is 1. The van der Waals surface area contributed by atoms with Crippen LogP contribution in [0.15, 0.2) is 40.1 Å². The maximum Gasteiger partial charge on any atom is 0.332 e. The smallest absolute Gasteiger partial charge is 0.332 e. The van der Waals surface area contributed by atoms with Crippen LogP contribution in [0.25, 0.3) is 0 Å². The molecule has 0 spiro atoms. The zero-order chi connectivity index (χ0) is 23.8. The Balaban J connectivity index is 2.18. The second kappa shape index (κ2) is 8.40. The Hall–Kier alpha value is -3.18. The molecule has 1 aliphatic rings. The molecule has 1 aromatic carbocycles. The molecule has 8 N–H and O–H groups in total. The fraction of sp³-hybridized carbons (Fsp3) is 0.353. The zero-order valence-electron chi connectivity index (χ0n) is 16.0. The first-order chi connectivity index (χ1) is 15.0. The van der Waals surface area contributed by atoms with E-state index < -0.39 is 59.7 Å². The van der Waals surface area contributed by atoms with Crippen molar-refractivity contribution in [2.45, 2.75) is 30.4 Å². The molecule has 4 atom stereocenters. The number of hydrogen-bond donors (Lipinski definition) is 8. The van der Waals surface area contributed by atoms with Gasteiger partial charge in [-0.1, -0.05) is 22.7 Å². The van der Waals surface area contributed by atoms with Gasteiger partial charge < -0.3 is 35.5 Å². The Kier molecular flexibility index (Phi) is 6.16. The van der Waals surface area contributed by atoms with Crippen molar-refractivity contribution in [2.24, 2.45) is 0 Å². The molecule has 1 aliphatic heterocycles. The highest BCUT2D eigenvalue weighted by atomic mass is 19.2. The highest BCUT2D eigenvalue weighted by molar-refractivity contribution is 5.92. The summed E-state index contributed by atoms with van der Waals surface area (Å²) >= 11 is 0. The maximum atomic E-state index is 12.6. The molecule has 32 heavy (non-hydrogen) atoms. The van der Waals surface area contributed by atoms with Crippen LogP contribution in [0.1, 0.15) is 15.9 Å². The van der Waals surface area contributed by atoms with E-state index in [1.165, 1.54) is 24.3 Å². The molecule has 1 saturated heterocycles. The predicted octanol–water partition coefficient (Wildman–Crippen LogP) is -3.21. The monoisotopic (exact) mass is 458 g/mol. The number of aromatic amines is 1. The summed E-state index contributed by atoms with van der Waals surface area (Å²) in [5.74, 6) is -5.40. The van der Waals surface area contributed by atoms with Gasteiger partial charge in [-0.2, -0.15) is 5.54 Å². The fourth-order valence-corrected chi connectivity index (χ4v) is 3.34. The van der Waals surface area contributed by atoms with Crippen LogP contribution >= 0.6 is 0 Å². The van der Waals surface area contributed by atoms with E-state index in [1.54, 1.807) is 4.98 Å². The van der Waals surface area contributed by atoms with Crippen LogP contribution in [0.3, 0.4) is 0 Å². The van der Waals surface area contributed by atoms with Crippen LogP contribution in [0.5, 0.6) is 5.75 Å². The summed E-state index contributed by atoms with van der Waals surface area (Å²) in [6, 6.07) is 5.48. The topological polar surface area (TPSA) is 218 Å². The van der Waals surface area contributed by atoms with Gasteiger partial charge in [-0.3, -0.25) is 14.6 Å². The van der Waals surface area contributed by atoms with E-state index >= 15 is 0 Å². The lowest BCUT2D eigenvalue weighted by Crippen LogP contribution is -2.68. The summed E-state index contributed by atoms with van der Waals surface area (Å²) in [5.41, 5.74) is -6.58. The number of amides is 1. The van der Waals surface area contributed by atoms with Crippen LogP contribution < -0.4 is 16.8 Å². The zero-order valence-corrected chi connectivity index (χ0v) is 16.0. The average molecular weight is 458 g/mol. The molecule has 174 valence electrons. The number of phenolic OH excluding ortho intramolecular Hbond substituents is 1. The number of nitrogens with zero attached hydrogens (tertiary/aromatic N) is 2. The fourth-order valence-electron chi connectivity index (χ4n) is 3.34. The highest BCUT2D eigenvalue weighted by Gasteiger charge is 2.70. The van der Waals surface area contributed by atoms with Gasteiger partial charge in [-0.15, -0.1) is 5.06 Å². The summed E-state index contributed by atoms with van der Waals surface area (Å²) < 4.78 is 17.6. The van der Waals surface area contributed by atoms with E-state index in [9.17, 15) is 49.6 Å². The molecule has 3 rings (SSSR count). The predicted molar refractivity (Wildman–Crippen MR) is 98.4 cm³/mol. The Bertz CT molecular complexity index is 1140. The third-order valence-corrected chi connectivity index (χ3v) is 5.04. The Morgan fingerprint density at radius 2 is 1.97 bits per heavy atom. The Morgan fingerprint density at radius 1 is 1.31 bits per heavy atom. The summed E-state index contributed by atoms with van der Waals surface area (Å²) in [4.78, 5) is 37.4. The summed E-state index contributed by atoms with van der Waals surface area (Å²) in [7, 11) is 0. The third-order valence-electron chi connectivity index (χ3n) is 5.04. The maximum absolute atomic E-state index is 12.6. The van der Waals surface area contributed by atoms with Crippen LogP contribution in [0.2, 0.25) is 0 Å². The van der Waals surface area contributed by atoms with Crippen molar-refractivity contribution in [3.63, 3.8) is 0 Å². The minimum atomic E-state index is -3.44. The van der Waals surface area contributed by atoms with E-state index in [-0.39, 0.29) is 20.9 Å². The van der Waals surface area contributed by atoms with Crippen LogP contribution in [-0.4, -0.2) is 75.8 Å². The average Bonchev–Trinajstić information content (AvgIpc) is 2.97. The number of nitrogens with one attached hydrogen (secondary N) is 2. The minimum Gasteiger partial charge on any atom is -0.508 e. The molecule has 2 aromatic rings. The molecule has 0 bridgehead atoms. The van der Waals surface area contributed by atoms with Gasteiger partial charge in [0.05, 0.1) is 13.2 Å². The number of para-hydroxylation sites is 1. The first kappa shape index (κ1) is 23.5. The molecule has 2 heterocycles. The molecular formula is C17H19FN4O10. The van der Waals surface area contributed by atoms with Gasteiger partial charge in [0.2, 0.25) is 5.72 Å². The van der Waals surface area contributed by atoms with Crippen molar-refractivity contribution in [1.29, 1.82) is 0 Å². The van der Waals surface area contributed by atoms with Gasteiger partial charge in [0, 0.05) is 11.8 Å².